The highest BCUT2D eigenvalue weighted by molar-refractivity contribution is 5.98. The van der Waals surface area contributed by atoms with Gasteiger partial charge in [0.15, 0.2) is 17.2 Å². The van der Waals surface area contributed by atoms with Crippen LogP contribution in [0.2, 0.25) is 0 Å². The van der Waals surface area contributed by atoms with Crippen molar-refractivity contribution in [3.63, 3.8) is 0 Å². The number of nitrogens with zero attached hydrogens (tertiary/aromatic N) is 4. The monoisotopic (exact) mass is 432 g/mol. The molecule has 0 bridgehead atoms. The molecule has 2 N–H and O–H groups in total. The van der Waals surface area contributed by atoms with E-state index < -0.39 is 11.8 Å². The number of rotatable bonds is 9. The predicted octanol–water partition coefficient (Wildman–Crippen LogP) is 0.875. The van der Waals surface area contributed by atoms with Gasteiger partial charge in [-0.2, -0.15) is 0 Å². The highest BCUT2D eigenvalue weighted by Gasteiger charge is 2.16. The summed E-state index contributed by atoms with van der Waals surface area (Å²) in [7, 11) is 4.71. The third-order valence-corrected chi connectivity index (χ3v) is 4.24. The van der Waals surface area contributed by atoms with E-state index in [0.29, 0.717) is 24.0 Å². The number of ether oxygens (including phenoxy) is 2. The van der Waals surface area contributed by atoms with Gasteiger partial charge in [0.25, 0.3) is 11.8 Å². The normalized spacial score (nSPS) is 10.5. The van der Waals surface area contributed by atoms with Gasteiger partial charge in [-0.15, -0.1) is 5.10 Å². The molecule has 3 amide bonds. The molecule has 0 atom stereocenters. The molecule has 0 saturated carbocycles. The Balaban J connectivity index is 1.93. The van der Waals surface area contributed by atoms with E-state index in [-0.39, 0.29) is 23.7 Å². The van der Waals surface area contributed by atoms with Crippen LogP contribution in [0, 0.1) is 5.92 Å². The molecule has 11 nitrogen and oxygen atoms in total. The summed E-state index contributed by atoms with van der Waals surface area (Å²) in [6, 6.07) is 4.73. The Kier molecular flexibility index (Phi) is 8.35. The van der Waals surface area contributed by atoms with Gasteiger partial charge >= 0.3 is 0 Å². The Hall–Kier alpha value is -3.63. The second-order valence-corrected chi connectivity index (χ2v) is 7.39. The maximum Gasteiger partial charge on any atom is 0.291 e. The number of benzene rings is 1. The van der Waals surface area contributed by atoms with Crippen LogP contribution in [0.25, 0.3) is 0 Å². The van der Waals surface area contributed by atoms with E-state index in [9.17, 15) is 14.4 Å². The maximum absolute atomic E-state index is 12.4. The maximum atomic E-state index is 12.4. The fourth-order valence-electron chi connectivity index (χ4n) is 2.34. The van der Waals surface area contributed by atoms with Crippen molar-refractivity contribution >= 4 is 17.7 Å². The van der Waals surface area contributed by atoms with E-state index in [0.717, 1.165) is 6.42 Å². The molecular formula is C20H28N6O5. The molecule has 0 saturated heterocycles. The first kappa shape index (κ1) is 23.6. The van der Waals surface area contributed by atoms with Crippen LogP contribution in [0.4, 0.5) is 0 Å². The van der Waals surface area contributed by atoms with Gasteiger partial charge in [-0.25, -0.2) is 4.68 Å². The Morgan fingerprint density at radius 2 is 1.84 bits per heavy atom. The molecular weight excluding hydrogens is 404 g/mol. The Morgan fingerprint density at radius 3 is 2.48 bits per heavy atom. The molecule has 31 heavy (non-hydrogen) atoms. The summed E-state index contributed by atoms with van der Waals surface area (Å²) in [5.41, 5.74) is 4.80. The summed E-state index contributed by atoms with van der Waals surface area (Å²) in [5, 5.41) is 7.43. The number of carbonyl (C=O) groups excluding carboxylic acids is 3. The largest absolute Gasteiger partial charge is 0.493 e. The van der Waals surface area contributed by atoms with Gasteiger partial charge in [-0.3, -0.25) is 25.2 Å². The molecule has 0 aliphatic rings. The highest BCUT2D eigenvalue weighted by atomic mass is 16.5. The zero-order valence-corrected chi connectivity index (χ0v) is 18.3. The van der Waals surface area contributed by atoms with Gasteiger partial charge in [-0.05, 0) is 30.5 Å². The quantitative estimate of drug-likeness (QED) is 0.563. The average Bonchev–Trinajstić information content (AvgIpc) is 3.20. The molecule has 11 heteroatoms. The minimum atomic E-state index is -0.669. The van der Waals surface area contributed by atoms with Crippen molar-refractivity contribution in [3.8, 4) is 11.5 Å². The number of hydrogen-bond donors (Lipinski definition) is 2. The number of hydrogen-bond acceptors (Lipinski definition) is 7. The lowest BCUT2D eigenvalue weighted by Crippen LogP contribution is -2.41. The summed E-state index contributed by atoms with van der Waals surface area (Å²) < 4.78 is 12.2. The van der Waals surface area contributed by atoms with Gasteiger partial charge in [-0.1, -0.05) is 19.1 Å². The molecule has 1 heterocycles. The summed E-state index contributed by atoms with van der Waals surface area (Å²) in [6.07, 6.45) is 2.21. The molecule has 168 valence electrons. The van der Waals surface area contributed by atoms with Gasteiger partial charge in [0, 0.05) is 19.7 Å². The number of carbonyl (C=O) groups is 3. The molecule has 1 aromatic carbocycles. The summed E-state index contributed by atoms with van der Waals surface area (Å²) in [5.74, 6) is 0.0439. The lowest BCUT2D eigenvalue weighted by atomic mass is 10.1. The average molecular weight is 432 g/mol. The third kappa shape index (κ3) is 6.98. The van der Waals surface area contributed by atoms with Crippen molar-refractivity contribution in [2.75, 3.05) is 27.8 Å². The topological polar surface area (TPSA) is 128 Å². The van der Waals surface area contributed by atoms with E-state index >= 15 is 0 Å². The lowest BCUT2D eigenvalue weighted by molar-refractivity contribution is -0.129. The standard InChI is InChI=1S/C20H28N6O5/c1-13(2)8-9-31-16-7-6-14(10-17(16)30-5)19(28)22-23-20(29)15-11-26(24-21-15)12-18(27)25(3)4/h6-7,10-11,13H,8-9,12H2,1-5H3,(H,22,28)(H,23,29). The first-order chi connectivity index (χ1) is 14.7. The zero-order valence-electron chi connectivity index (χ0n) is 18.3. The number of likely N-dealkylation sites (N-methyl/N-ethyl adjacent to an activating group) is 1. The van der Waals surface area contributed by atoms with Crippen molar-refractivity contribution in [2.45, 2.75) is 26.8 Å². The molecule has 1 aromatic heterocycles. The van der Waals surface area contributed by atoms with Crippen molar-refractivity contribution in [1.82, 2.24) is 30.7 Å². The number of hydrazine groups is 1. The van der Waals surface area contributed by atoms with Gasteiger partial charge < -0.3 is 14.4 Å². The predicted molar refractivity (Wildman–Crippen MR) is 112 cm³/mol. The third-order valence-electron chi connectivity index (χ3n) is 4.24. The zero-order chi connectivity index (χ0) is 23.0. The van der Waals surface area contributed by atoms with E-state index in [4.69, 9.17) is 9.47 Å². The van der Waals surface area contributed by atoms with Crippen LogP contribution in [-0.4, -0.2) is 65.4 Å². The second-order valence-electron chi connectivity index (χ2n) is 7.39. The molecule has 0 aliphatic heterocycles. The number of methoxy groups -OCH3 is 1. The first-order valence-electron chi connectivity index (χ1n) is 9.73. The van der Waals surface area contributed by atoms with Crippen molar-refractivity contribution in [2.24, 2.45) is 5.92 Å². The first-order valence-corrected chi connectivity index (χ1v) is 9.73. The van der Waals surface area contributed by atoms with Crippen LogP contribution in [0.5, 0.6) is 11.5 Å². The SMILES string of the molecule is COc1cc(C(=O)NNC(=O)c2cn(CC(=O)N(C)C)nn2)ccc1OCCC(C)C. The number of aromatic nitrogens is 3. The fraction of sp³-hybridized carbons (Fsp3) is 0.450. The van der Waals surface area contributed by atoms with Crippen molar-refractivity contribution < 1.29 is 23.9 Å². The highest BCUT2D eigenvalue weighted by Crippen LogP contribution is 2.28. The summed E-state index contributed by atoms with van der Waals surface area (Å²) in [4.78, 5) is 37.6. The molecule has 0 unspecified atom stereocenters. The van der Waals surface area contributed by atoms with Gasteiger partial charge in [0.1, 0.15) is 6.54 Å². The second kappa shape index (κ2) is 11.0. The molecule has 0 fully saturated rings. The van der Waals surface area contributed by atoms with E-state index in [1.807, 2.05) is 0 Å². The van der Waals surface area contributed by atoms with Crippen LogP contribution >= 0.6 is 0 Å². The van der Waals surface area contributed by atoms with Crippen LogP contribution < -0.4 is 20.3 Å². The van der Waals surface area contributed by atoms with Crippen molar-refractivity contribution in [3.05, 3.63) is 35.7 Å². The molecule has 0 spiro atoms. The smallest absolute Gasteiger partial charge is 0.291 e. The Labute approximate surface area is 180 Å². The molecule has 2 aromatic rings. The molecule has 0 radical (unpaired) electrons. The Bertz CT molecular complexity index is 925. The van der Waals surface area contributed by atoms with Gasteiger partial charge in [0.2, 0.25) is 5.91 Å². The Morgan fingerprint density at radius 1 is 1.13 bits per heavy atom. The molecule has 0 aliphatic carbocycles. The number of amides is 3. The minimum absolute atomic E-state index is 0.0432. The number of nitrogens with one attached hydrogen (secondary N) is 2. The van der Waals surface area contributed by atoms with Gasteiger partial charge in [0.05, 0.1) is 19.9 Å². The van der Waals surface area contributed by atoms with Crippen LogP contribution in [-0.2, 0) is 11.3 Å². The van der Waals surface area contributed by atoms with Crippen LogP contribution in [0.1, 0.15) is 41.1 Å². The fourth-order valence-corrected chi connectivity index (χ4v) is 2.34. The van der Waals surface area contributed by atoms with E-state index in [1.54, 1.807) is 26.2 Å². The van der Waals surface area contributed by atoms with Crippen LogP contribution in [0.3, 0.4) is 0 Å². The summed E-state index contributed by atoms with van der Waals surface area (Å²) >= 11 is 0. The van der Waals surface area contributed by atoms with E-state index in [1.165, 1.54) is 29.0 Å². The van der Waals surface area contributed by atoms with Crippen LogP contribution in [0.15, 0.2) is 24.4 Å². The summed E-state index contributed by atoms with van der Waals surface area (Å²) in [6.45, 7) is 4.69. The minimum Gasteiger partial charge on any atom is -0.493 e. The van der Waals surface area contributed by atoms with Crippen molar-refractivity contribution in [1.29, 1.82) is 0 Å². The lowest BCUT2D eigenvalue weighted by Gasteiger charge is -2.13. The van der Waals surface area contributed by atoms with E-state index in [2.05, 4.69) is 35.0 Å². The molecule has 2 rings (SSSR count).